The first-order valence-electron chi connectivity index (χ1n) is 8.91. The standard InChI is InChI=1S/C21H24FN3O3/c1-13-6-8-15(9-7-13)11-18(20(23)27)25-21(28)19(24-14(2)26)12-16-4-3-5-17(22)10-16/h3-10,18-19H,11-12H2,1-2H3,(H2,23,27)(H,24,26)(H,25,28)/t18-,19-/m1/s1. The summed E-state index contributed by atoms with van der Waals surface area (Å²) < 4.78 is 13.4. The van der Waals surface area contributed by atoms with Crippen LogP contribution in [0, 0.1) is 12.7 Å². The lowest BCUT2D eigenvalue weighted by atomic mass is 10.0. The summed E-state index contributed by atoms with van der Waals surface area (Å²) in [4.78, 5) is 36.0. The number of halogens is 1. The van der Waals surface area contributed by atoms with Crippen molar-refractivity contribution >= 4 is 17.7 Å². The zero-order chi connectivity index (χ0) is 20.7. The number of aryl methyl sites for hydroxylation is 1. The number of benzene rings is 2. The Bertz CT molecular complexity index is 852. The highest BCUT2D eigenvalue weighted by Crippen LogP contribution is 2.09. The van der Waals surface area contributed by atoms with Gasteiger partial charge in [-0.05, 0) is 30.2 Å². The van der Waals surface area contributed by atoms with Gasteiger partial charge in [-0.2, -0.15) is 0 Å². The summed E-state index contributed by atoms with van der Waals surface area (Å²) in [5.74, 6) is -2.09. The fourth-order valence-electron chi connectivity index (χ4n) is 2.81. The van der Waals surface area contributed by atoms with Crippen LogP contribution in [-0.2, 0) is 27.2 Å². The normalized spacial score (nSPS) is 12.7. The van der Waals surface area contributed by atoms with Crippen LogP contribution in [0.4, 0.5) is 4.39 Å². The lowest BCUT2D eigenvalue weighted by Crippen LogP contribution is -2.54. The number of carbonyl (C=O) groups is 3. The predicted octanol–water partition coefficient (Wildman–Crippen LogP) is 1.39. The Labute approximate surface area is 163 Å². The van der Waals surface area contributed by atoms with E-state index in [4.69, 9.17) is 5.73 Å². The van der Waals surface area contributed by atoms with Crippen LogP contribution in [0.1, 0.15) is 23.6 Å². The fourth-order valence-corrected chi connectivity index (χ4v) is 2.81. The maximum atomic E-state index is 13.4. The number of nitrogens with one attached hydrogen (secondary N) is 2. The minimum Gasteiger partial charge on any atom is -0.368 e. The zero-order valence-corrected chi connectivity index (χ0v) is 15.9. The van der Waals surface area contributed by atoms with E-state index < -0.39 is 35.6 Å². The average Bonchev–Trinajstić information content (AvgIpc) is 2.62. The van der Waals surface area contributed by atoms with Crippen LogP contribution in [0.3, 0.4) is 0 Å². The van der Waals surface area contributed by atoms with Gasteiger partial charge in [-0.15, -0.1) is 0 Å². The monoisotopic (exact) mass is 385 g/mol. The van der Waals surface area contributed by atoms with Crippen molar-refractivity contribution in [3.05, 3.63) is 71.0 Å². The SMILES string of the molecule is CC(=O)N[C@H](Cc1cccc(F)c1)C(=O)N[C@H](Cc1ccc(C)cc1)C(N)=O. The zero-order valence-electron chi connectivity index (χ0n) is 15.9. The van der Waals surface area contributed by atoms with E-state index in [1.54, 1.807) is 6.07 Å². The molecular formula is C21H24FN3O3. The Morgan fingerprint density at radius 2 is 1.61 bits per heavy atom. The highest BCUT2D eigenvalue weighted by Gasteiger charge is 2.25. The topological polar surface area (TPSA) is 101 Å². The Kier molecular flexibility index (Phi) is 7.26. The van der Waals surface area contributed by atoms with E-state index >= 15 is 0 Å². The molecule has 2 aromatic rings. The van der Waals surface area contributed by atoms with E-state index in [0.717, 1.165) is 11.1 Å². The van der Waals surface area contributed by atoms with Crippen molar-refractivity contribution in [1.29, 1.82) is 0 Å². The molecule has 0 unspecified atom stereocenters. The van der Waals surface area contributed by atoms with Crippen molar-refractivity contribution in [3.63, 3.8) is 0 Å². The van der Waals surface area contributed by atoms with Crippen molar-refractivity contribution in [2.45, 2.75) is 38.8 Å². The lowest BCUT2D eigenvalue weighted by Gasteiger charge is -2.22. The summed E-state index contributed by atoms with van der Waals surface area (Å²) in [5, 5.41) is 5.14. The summed E-state index contributed by atoms with van der Waals surface area (Å²) in [6.45, 7) is 3.23. The van der Waals surface area contributed by atoms with E-state index in [9.17, 15) is 18.8 Å². The molecule has 0 saturated heterocycles. The van der Waals surface area contributed by atoms with Crippen LogP contribution in [0.25, 0.3) is 0 Å². The second-order valence-electron chi connectivity index (χ2n) is 6.74. The largest absolute Gasteiger partial charge is 0.368 e. The first-order chi connectivity index (χ1) is 13.2. The third-order valence-electron chi connectivity index (χ3n) is 4.24. The molecule has 0 aliphatic heterocycles. The Balaban J connectivity index is 2.12. The van der Waals surface area contributed by atoms with E-state index in [2.05, 4.69) is 10.6 Å². The molecule has 0 saturated carbocycles. The van der Waals surface area contributed by atoms with Crippen molar-refractivity contribution in [3.8, 4) is 0 Å². The molecular weight excluding hydrogens is 361 g/mol. The molecule has 6 nitrogen and oxygen atoms in total. The summed E-state index contributed by atoms with van der Waals surface area (Å²) in [5.41, 5.74) is 7.91. The molecule has 3 amide bonds. The molecule has 7 heteroatoms. The molecule has 148 valence electrons. The van der Waals surface area contributed by atoms with Crippen LogP contribution in [0.2, 0.25) is 0 Å². The van der Waals surface area contributed by atoms with Gasteiger partial charge in [0, 0.05) is 19.8 Å². The molecule has 4 N–H and O–H groups in total. The predicted molar refractivity (Wildman–Crippen MR) is 104 cm³/mol. The van der Waals surface area contributed by atoms with Gasteiger partial charge in [0.15, 0.2) is 0 Å². The van der Waals surface area contributed by atoms with Crippen LogP contribution in [-0.4, -0.2) is 29.8 Å². The average molecular weight is 385 g/mol. The van der Waals surface area contributed by atoms with E-state index in [1.165, 1.54) is 25.1 Å². The molecule has 0 aliphatic carbocycles. The quantitative estimate of drug-likeness (QED) is 0.640. The van der Waals surface area contributed by atoms with Crippen molar-refractivity contribution < 1.29 is 18.8 Å². The maximum absolute atomic E-state index is 13.4. The minimum atomic E-state index is -0.959. The number of rotatable bonds is 8. The molecule has 0 spiro atoms. The Morgan fingerprint density at radius 1 is 0.964 bits per heavy atom. The van der Waals surface area contributed by atoms with Crippen molar-refractivity contribution in [2.75, 3.05) is 0 Å². The van der Waals surface area contributed by atoms with Gasteiger partial charge in [0.25, 0.3) is 0 Å². The van der Waals surface area contributed by atoms with Crippen molar-refractivity contribution in [2.24, 2.45) is 5.73 Å². The van der Waals surface area contributed by atoms with E-state index in [1.807, 2.05) is 31.2 Å². The molecule has 0 aliphatic rings. The second kappa shape index (κ2) is 9.64. The molecule has 2 rings (SSSR count). The van der Waals surface area contributed by atoms with Crippen LogP contribution < -0.4 is 16.4 Å². The number of hydrogen-bond acceptors (Lipinski definition) is 3. The summed E-state index contributed by atoms with van der Waals surface area (Å²) in [6, 6.07) is 11.4. The van der Waals surface area contributed by atoms with Gasteiger partial charge in [0.2, 0.25) is 17.7 Å². The number of primary amides is 1. The van der Waals surface area contributed by atoms with E-state index in [-0.39, 0.29) is 12.8 Å². The van der Waals surface area contributed by atoms with Gasteiger partial charge in [-0.3, -0.25) is 14.4 Å². The van der Waals surface area contributed by atoms with E-state index in [0.29, 0.717) is 5.56 Å². The van der Waals surface area contributed by atoms with Crippen LogP contribution in [0.15, 0.2) is 48.5 Å². The molecule has 0 radical (unpaired) electrons. The highest BCUT2D eigenvalue weighted by atomic mass is 19.1. The molecule has 2 aromatic carbocycles. The number of hydrogen-bond donors (Lipinski definition) is 3. The minimum absolute atomic E-state index is 0.0825. The lowest BCUT2D eigenvalue weighted by molar-refractivity contribution is -0.130. The van der Waals surface area contributed by atoms with Gasteiger partial charge in [0.1, 0.15) is 17.9 Å². The highest BCUT2D eigenvalue weighted by molar-refractivity contribution is 5.91. The van der Waals surface area contributed by atoms with Gasteiger partial charge < -0.3 is 16.4 Å². The smallest absolute Gasteiger partial charge is 0.243 e. The summed E-state index contributed by atoms with van der Waals surface area (Å²) >= 11 is 0. The first kappa shape index (κ1) is 21.1. The molecule has 28 heavy (non-hydrogen) atoms. The Hall–Kier alpha value is -3.22. The van der Waals surface area contributed by atoms with Gasteiger partial charge in [-0.25, -0.2) is 4.39 Å². The summed E-state index contributed by atoms with van der Waals surface area (Å²) in [7, 11) is 0. The first-order valence-corrected chi connectivity index (χ1v) is 8.91. The van der Waals surface area contributed by atoms with Gasteiger partial charge >= 0.3 is 0 Å². The molecule has 2 atom stereocenters. The molecule has 0 aromatic heterocycles. The fraction of sp³-hybridized carbons (Fsp3) is 0.286. The third kappa shape index (κ3) is 6.50. The molecule has 0 fully saturated rings. The number of nitrogens with two attached hydrogens (primary N) is 1. The van der Waals surface area contributed by atoms with Crippen LogP contribution in [0.5, 0.6) is 0 Å². The maximum Gasteiger partial charge on any atom is 0.243 e. The van der Waals surface area contributed by atoms with Gasteiger partial charge in [-0.1, -0.05) is 42.0 Å². The van der Waals surface area contributed by atoms with Gasteiger partial charge in [0.05, 0.1) is 0 Å². The molecule has 0 heterocycles. The molecule has 0 bridgehead atoms. The van der Waals surface area contributed by atoms with Crippen molar-refractivity contribution in [1.82, 2.24) is 10.6 Å². The number of amides is 3. The third-order valence-corrected chi connectivity index (χ3v) is 4.24. The Morgan fingerprint density at radius 3 is 2.18 bits per heavy atom. The number of carbonyl (C=O) groups excluding carboxylic acids is 3. The summed E-state index contributed by atoms with van der Waals surface area (Å²) in [6.07, 6.45) is 0.313. The second-order valence-corrected chi connectivity index (χ2v) is 6.74. The van der Waals surface area contributed by atoms with Crippen LogP contribution >= 0.6 is 0 Å².